The Kier molecular flexibility index (Phi) is 13.4. The number of carbonyl (C=O) groups excluding carboxylic acids is 1. The molecule has 10 rings (SSSR count). The Hall–Kier alpha value is -4.01. The number of ketones is 1. The molecule has 0 bridgehead atoms. The summed E-state index contributed by atoms with van der Waals surface area (Å²) in [6.45, 7) is 1.60. The van der Waals surface area contributed by atoms with Gasteiger partial charge in [0.1, 0.15) is 11.6 Å². The average Bonchev–Trinajstić information content (AvgIpc) is 3.83. The number of aromatic carboxylic acids is 1. The third-order valence-electron chi connectivity index (χ3n) is 11.5. The topological polar surface area (TPSA) is 116 Å². The summed E-state index contributed by atoms with van der Waals surface area (Å²) in [6.07, 6.45) is 17.9. The van der Waals surface area contributed by atoms with Gasteiger partial charge in [-0.3, -0.25) is 4.79 Å². The first-order valence-corrected chi connectivity index (χ1v) is 19.7. The number of hydrogen-bond donors (Lipinski definition) is 1. The minimum absolute atomic E-state index is 0. The number of aromatic nitrogens is 6. The SMILES string of the molecule is CC(=O)c1ccc2c(c1)nc(-c1ccc3n[c-]ccc3c1)n2C1CCCCC1.O=C(O)c1ccc2c(c1)nc(-c1ccc3n[c-]ccc3c1)n2C1CCCCC1.[Y].[Y]. The number of rotatable bonds is 6. The fourth-order valence-corrected chi connectivity index (χ4v) is 8.70. The predicted molar refractivity (Wildman–Crippen MR) is 220 cm³/mol. The Labute approximate surface area is 387 Å². The van der Waals surface area contributed by atoms with Gasteiger partial charge in [0.25, 0.3) is 0 Å². The molecule has 0 amide bonds. The summed E-state index contributed by atoms with van der Waals surface area (Å²) in [6, 6.07) is 32.1. The van der Waals surface area contributed by atoms with Gasteiger partial charge in [0, 0.05) is 94.2 Å². The van der Waals surface area contributed by atoms with E-state index in [4.69, 9.17) is 9.97 Å². The molecule has 1 N–H and O–H groups in total. The molecular formula is C47H42N6O3Y2-2. The summed E-state index contributed by atoms with van der Waals surface area (Å²) in [5.41, 5.74) is 8.69. The molecule has 11 heteroatoms. The minimum atomic E-state index is -0.927. The minimum Gasteiger partial charge on any atom is -0.478 e. The summed E-state index contributed by atoms with van der Waals surface area (Å²) >= 11 is 0. The van der Waals surface area contributed by atoms with E-state index in [0.29, 0.717) is 17.6 Å². The molecule has 2 saturated carbocycles. The van der Waals surface area contributed by atoms with Crippen molar-refractivity contribution < 1.29 is 80.1 Å². The van der Waals surface area contributed by atoms with E-state index in [1.54, 1.807) is 19.1 Å². The van der Waals surface area contributed by atoms with Crippen molar-refractivity contribution >= 4 is 55.6 Å². The maximum atomic E-state index is 11.9. The molecular weight excluding hydrogens is 874 g/mol. The number of hydrogen-bond acceptors (Lipinski definition) is 6. The summed E-state index contributed by atoms with van der Waals surface area (Å²) in [5.74, 6) is 1.03. The van der Waals surface area contributed by atoms with Crippen LogP contribution in [-0.4, -0.2) is 45.9 Å². The van der Waals surface area contributed by atoms with Gasteiger partial charge in [0.15, 0.2) is 5.78 Å². The van der Waals surface area contributed by atoms with Crippen LogP contribution in [-0.2, 0) is 65.4 Å². The van der Waals surface area contributed by atoms with E-state index in [1.165, 1.54) is 51.4 Å². The van der Waals surface area contributed by atoms with E-state index in [0.717, 1.165) is 79.5 Å². The third kappa shape index (κ3) is 8.51. The number of benzene rings is 4. The summed E-state index contributed by atoms with van der Waals surface area (Å²) in [4.78, 5) is 41.7. The number of pyridine rings is 2. The van der Waals surface area contributed by atoms with Crippen molar-refractivity contribution in [3.05, 3.63) is 121 Å². The van der Waals surface area contributed by atoms with E-state index in [1.807, 2.05) is 60.7 Å². The van der Waals surface area contributed by atoms with Gasteiger partial charge in [-0.05, 0) is 80.0 Å². The molecule has 4 heterocycles. The fraction of sp³-hybridized carbons (Fsp3) is 0.277. The first-order chi connectivity index (χ1) is 27.4. The van der Waals surface area contributed by atoms with Crippen LogP contribution < -0.4 is 0 Å². The zero-order valence-corrected chi connectivity index (χ0v) is 38.2. The van der Waals surface area contributed by atoms with Gasteiger partial charge in [-0.1, -0.05) is 87.3 Å². The maximum Gasteiger partial charge on any atom is 0.335 e. The Morgan fingerprint density at radius 2 is 1.02 bits per heavy atom. The van der Waals surface area contributed by atoms with Crippen molar-refractivity contribution in [3.8, 4) is 22.8 Å². The molecule has 4 aromatic heterocycles. The summed E-state index contributed by atoms with van der Waals surface area (Å²) in [5, 5.41) is 11.5. The molecule has 2 fully saturated rings. The van der Waals surface area contributed by atoms with Gasteiger partial charge < -0.3 is 24.2 Å². The molecule has 0 unspecified atom stereocenters. The molecule has 2 aliphatic carbocycles. The maximum absolute atomic E-state index is 11.9. The standard InChI is InChI=1S/C24H22N3O.C23H20N3O2.2Y/c1-16(28)17-10-12-23-22(15-17)26-24(27(23)20-7-3-2-4-8-20)19-9-11-21-18(14-19)6-5-13-25-21;27-23(28)17-9-11-21-20(14-17)25-22(26(21)18-6-2-1-3-7-18)16-8-10-19-15(13-16)5-4-12-24-19;;/h5-6,9-12,14-15,20H,2-4,7-8H2,1H3;4-5,8-11,13-14,18H,1-3,6-7H2,(H,27,28);;/q2*-1;;. The van der Waals surface area contributed by atoms with Crippen LogP contribution in [0.25, 0.3) is 66.6 Å². The number of carbonyl (C=O) groups is 2. The molecule has 4 aromatic carbocycles. The van der Waals surface area contributed by atoms with E-state index in [2.05, 4.69) is 55.8 Å². The van der Waals surface area contributed by atoms with Gasteiger partial charge in [-0.15, -0.1) is 10.8 Å². The Bertz CT molecular complexity index is 2580. The van der Waals surface area contributed by atoms with Gasteiger partial charge >= 0.3 is 5.97 Å². The smallest absolute Gasteiger partial charge is 0.335 e. The number of carboxylic acids is 1. The summed E-state index contributed by atoms with van der Waals surface area (Å²) in [7, 11) is 0. The van der Waals surface area contributed by atoms with Crippen LogP contribution in [0.3, 0.4) is 0 Å². The van der Waals surface area contributed by atoms with Crippen LogP contribution in [0, 0.1) is 12.4 Å². The van der Waals surface area contributed by atoms with Gasteiger partial charge in [0.2, 0.25) is 0 Å². The molecule has 0 atom stereocenters. The van der Waals surface area contributed by atoms with Crippen LogP contribution in [0.2, 0.25) is 0 Å². The van der Waals surface area contributed by atoms with Crippen molar-refractivity contribution in [2.75, 3.05) is 0 Å². The summed E-state index contributed by atoms with van der Waals surface area (Å²) < 4.78 is 4.73. The molecule has 58 heavy (non-hydrogen) atoms. The molecule has 0 spiro atoms. The second-order valence-electron chi connectivity index (χ2n) is 15.2. The fourth-order valence-electron chi connectivity index (χ4n) is 8.70. The van der Waals surface area contributed by atoms with Crippen molar-refractivity contribution in [2.24, 2.45) is 0 Å². The van der Waals surface area contributed by atoms with E-state index in [-0.39, 0.29) is 76.8 Å². The van der Waals surface area contributed by atoms with E-state index >= 15 is 0 Å². The van der Waals surface area contributed by atoms with Crippen LogP contribution in [0.4, 0.5) is 0 Å². The largest absolute Gasteiger partial charge is 0.478 e. The van der Waals surface area contributed by atoms with Gasteiger partial charge in [-0.25, -0.2) is 14.8 Å². The Morgan fingerprint density at radius 3 is 1.47 bits per heavy atom. The molecule has 0 aliphatic heterocycles. The van der Waals surface area contributed by atoms with Crippen molar-refractivity contribution in [3.63, 3.8) is 0 Å². The normalized spacial score (nSPS) is 14.8. The average molecular weight is 917 g/mol. The van der Waals surface area contributed by atoms with Crippen LogP contribution in [0.5, 0.6) is 0 Å². The Balaban J connectivity index is 0.000000171. The number of Topliss-reactive ketones (excluding diaryl/α,β-unsaturated/α-hetero) is 1. The van der Waals surface area contributed by atoms with Crippen molar-refractivity contribution in [2.45, 2.75) is 83.2 Å². The zero-order valence-electron chi connectivity index (χ0n) is 32.6. The number of imidazole rings is 2. The van der Waals surface area contributed by atoms with Gasteiger partial charge in [0.05, 0.1) is 27.6 Å². The zero-order chi connectivity index (χ0) is 38.2. The monoisotopic (exact) mass is 916 g/mol. The van der Waals surface area contributed by atoms with Crippen molar-refractivity contribution in [1.82, 2.24) is 29.1 Å². The van der Waals surface area contributed by atoms with E-state index < -0.39 is 5.97 Å². The first kappa shape index (κ1) is 42.1. The number of fused-ring (bicyclic) bond motifs is 4. The number of nitrogens with zero attached hydrogens (tertiary/aromatic N) is 6. The second kappa shape index (κ2) is 18.5. The Morgan fingerprint density at radius 1 is 0.569 bits per heavy atom. The quantitative estimate of drug-likeness (QED) is 0.130. The van der Waals surface area contributed by atoms with Crippen molar-refractivity contribution in [1.29, 1.82) is 0 Å². The van der Waals surface area contributed by atoms with Crippen LogP contribution in [0.1, 0.15) is 104 Å². The predicted octanol–water partition coefficient (Wildman–Crippen LogP) is 11.0. The first-order valence-electron chi connectivity index (χ1n) is 19.7. The molecule has 8 aromatic rings. The number of carboxylic acid groups (broad SMARTS) is 1. The molecule has 2 radical (unpaired) electrons. The van der Waals surface area contributed by atoms with Crippen LogP contribution >= 0.6 is 0 Å². The molecule has 9 nitrogen and oxygen atoms in total. The third-order valence-corrected chi connectivity index (χ3v) is 11.5. The van der Waals surface area contributed by atoms with Gasteiger partial charge in [-0.2, -0.15) is 24.3 Å². The molecule has 0 saturated heterocycles. The molecule has 286 valence electrons. The second-order valence-corrected chi connectivity index (χ2v) is 15.2. The van der Waals surface area contributed by atoms with Crippen LogP contribution in [0.15, 0.2) is 97.1 Å². The molecule has 2 aliphatic rings. The van der Waals surface area contributed by atoms with E-state index in [9.17, 15) is 14.7 Å².